The van der Waals surface area contributed by atoms with Gasteiger partial charge in [0.1, 0.15) is 16.5 Å². The van der Waals surface area contributed by atoms with Gasteiger partial charge >= 0.3 is 0 Å². The van der Waals surface area contributed by atoms with Crippen LogP contribution in [-0.4, -0.2) is 9.97 Å². The van der Waals surface area contributed by atoms with Gasteiger partial charge in [-0.2, -0.15) is 0 Å². The summed E-state index contributed by atoms with van der Waals surface area (Å²) in [5, 5.41) is 0. The lowest BCUT2D eigenvalue weighted by atomic mass is 10.2. The number of aryl methyl sites for hydroxylation is 1. The highest BCUT2D eigenvalue weighted by molar-refractivity contribution is 9.11. The number of nitrogens with two attached hydrogens (primary N) is 1. The minimum atomic E-state index is 0.402. The summed E-state index contributed by atoms with van der Waals surface area (Å²) in [6.07, 6.45) is 1.38. The lowest BCUT2D eigenvalue weighted by molar-refractivity contribution is 0.455. The molecule has 0 bridgehead atoms. The van der Waals surface area contributed by atoms with Crippen molar-refractivity contribution in [2.24, 2.45) is 5.84 Å². The van der Waals surface area contributed by atoms with Crippen molar-refractivity contribution < 1.29 is 4.74 Å². The maximum atomic E-state index is 5.74. The lowest BCUT2D eigenvalue weighted by Gasteiger charge is -2.11. The van der Waals surface area contributed by atoms with E-state index in [1.807, 2.05) is 25.1 Å². The highest BCUT2D eigenvalue weighted by Crippen LogP contribution is 2.33. The first-order chi connectivity index (χ1) is 8.61. The Bertz CT molecular complexity index is 577. The first-order valence-electron chi connectivity index (χ1n) is 5.03. The summed E-state index contributed by atoms with van der Waals surface area (Å²) < 4.78 is 7.25. The SMILES string of the molecule is Cc1ccc(Br)cc1Oc1ncnc(NN)c1Br. The van der Waals surface area contributed by atoms with E-state index >= 15 is 0 Å². The minimum Gasteiger partial charge on any atom is -0.437 e. The molecule has 3 N–H and O–H groups in total. The van der Waals surface area contributed by atoms with Gasteiger partial charge in [-0.05, 0) is 40.5 Å². The van der Waals surface area contributed by atoms with Crippen LogP contribution in [0.3, 0.4) is 0 Å². The van der Waals surface area contributed by atoms with Gasteiger partial charge in [-0.25, -0.2) is 15.8 Å². The maximum absolute atomic E-state index is 5.74. The van der Waals surface area contributed by atoms with Crippen LogP contribution in [0.25, 0.3) is 0 Å². The predicted molar refractivity (Wildman–Crippen MR) is 76.5 cm³/mol. The van der Waals surface area contributed by atoms with Crippen LogP contribution in [-0.2, 0) is 0 Å². The molecule has 18 heavy (non-hydrogen) atoms. The first kappa shape index (κ1) is 13.3. The van der Waals surface area contributed by atoms with E-state index in [9.17, 15) is 0 Å². The standard InChI is InChI=1S/C11H10Br2N4O/c1-6-2-3-7(12)4-8(6)18-11-9(13)10(17-14)15-5-16-11/h2-5H,14H2,1H3,(H,15,16,17). The molecule has 0 aliphatic rings. The van der Waals surface area contributed by atoms with E-state index in [0.29, 0.717) is 21.9 Å². The number of halogens is 2. The molecular formula is C11H10Br2N4O. The summed E-state index contributed by atoms with van der Waals surface area (Å²) in [4.78, 5) is 8.02. The molecule has 0 amide bonds. The van der Waals surface area contributed by atoms with E-state index in [1.165, 1.54) is 6.33 Å². The number of nitrogens with one attached hydrogen (secondary N) is 1. The average molecular weight is 374 g/mol. The van der Waals surface area contributed by atoms with E-state index in [0.717, 1.165) is 10.0 Å². The fourth-order valence-corrected chi connectivity index (χ4v) is 2.05. The third kappa shape index (κ3) is 2.80. The molecule has 0 saturated heterocycles. The Balaban J connectivity index is 2.37. The van der Waals surface area contributed by atoms with Gasteiger partial charge in [0.25, 0.3) is 0 Å². The molecule has 0 atom stereocenters. The zero-order chi connectivity index (χ0) is 13.1. The van der Waals surface area contributed by atoms with Gasteiger partial charge in [-0.1, -0.05) is 22.0 Å². The van der Waals surface area contributed by atoms with Crippen molar-refractivity contribution in [3.8, 4) is 11.6 Å². The van der Waals surface area contributed by atoms with Crippen LogP contribution < -0.4 is 16.0 Å². The van der Waals surface area contributed by atoms with Gasteiger partial charge < -0.3 is 10.2 Å². The Kier molecular flexibility index (Phi) is 4.15. The normalized spacial score (nSPS) is 10.2. The predicted octanol–water partition coefficient (Wildman–Crippen LogP) is 3.39. The van der Waals surface area contributed by atoms with Gasteiger partial charge in [-0.15, -0.1) is 0 Å². The lowest BCUT2D eigenvalue weighted by Crippen LogP contribution is -2.10. The molecule has 0 fully saturated rings. The topological polar surface area (TPSA) is 73.1 Å². The number of anilines is 1. The molecule has 1 aromatic carbocycles. The van der Waals surface area contributed by atoms with Gasteiger partial charge in [0, 0.05) is 4.47 Å². The highest BCUT2D eigenvalue weighted by Gasteiger charge is 2.11. The molecule has 0 aliphatic heterocycles. The van der Waals surface area contributed by atoms with Gasteiger partial charge in [0.15, 0.2) is 5.82 Å². The van der Waals surface area contributed by atoms with E-state index in [4.69, 9.17) is 10.6 Å². The number of rotatable bonds is 3. The van der Waals surface area contributed by atoms with Crippen LogP contribution in [0.15, 0.2) is 33.5 Å². The smallest absolute Gasteiger partial charge is 0.238 e. The summed E-state index contributed by atoms with van der Waals surface area (Å²) in [5.74, 6) is 6.92. The molecule has 0 aliphatic carbocycles. The molecule has 0 radical (unpaired) electrons. The second kappa shape index (κ2) is 5.64. The first-order valence-corrected chi connectivity index (χ1v) is 6.61. The molecule has 94 valence electrons. The third-order valence-corrected chi connectivity index (χ3v) is 3.46. The van der Waals surface area contributed by atoms with Crippen LogP contribution in [0.5, 0.6) is 11.6 Å². The molecule has 5 nitrogen and oxygen atoms in total. The maximum Gasteiger partial charge on any atom is 0.238 e. The zero-order valence-electron chi connectivity index (χ0n) is 9.45. The van der Waals surface area contributed by atoms with E-state index in [2.05, 4.69) is 47.3 Å². The molecule has 7 heteroatoms. The number of nitrogen functional groups attached to an aromatic ring is 1. The Morgan fingerprint density at radius 3 is 2.78 bits per heavy atom. The van der Waals surface area contributed by atoms with Crippen molar-refractivity contribution in [2.45, 2.75) is 6.92 Å². The fraction of sp³-hybridized carbons (Fsp3) is 0.0909. The van der Waals surface area contributed by atoms with Crippen LogP contribution in [0.2, 0.25) is 0 Å². The Labute approximate surface area is 121 Å². The molecule has 2 aromatic rings. The summed E-state index contributed by atoms with van der Waals surface area (Å²) >= 11 is 6.74. The van der Waals surface area contributed by atoms with Gasteiger partial charge in [-0.3, -0.25) is 0 Å². The second-order valence-corrected chi connectivity index (χ2v) is 5.21. The summed E-state index contributed by atoms with van der Waals surface area (Å²) in [6, 6.07) is 5.78. The van der Waals surface area contributed by atoms with Crippen molar-refractivity contribution in [3.05, 3.63) is 39.0 Å². The molecule has 0 saturated carbocycles. The third-order valence-electron chi connectivity index (χ3n) is 2.25. The number of benzene rings is 1. The van der Waals surface area contributed by atoms with Crippen LogP contribution in [0.1, 0.15) is 5.56 Å². The average Bonchev–Trinajstić information content (AvgIpc) is 2.36. The van der Waals surface area contributed by atoms with E-state index in [1.54, 1.807) is 0 Å². The fourth-order valence-electron chi connectivity index (χ4n) is 1.31. The summed E-state index contributed by atoms with van der Waals surface area (Å²) in [6.45, 7) is 1.96. The monoisotopic (exact) mass is 372 g/mol. The summed E-state index contributed by atoms with van der Waals surface area (Å²) in [7, 11) is 0. The second-order valence-electron chi connectivity index (χ2n) is 3.50. The van der Waals surface area contributed by atoms with Crippen LogP contribution >= 0.6 is 31.9 Å². The van der Waals surface area contributed by atoms with Crippen LogP contribution in [0.4, 0.5) is 5.82 Å². The summed E-state index contributed by atoms with van der Waals surface area (Å²) in [5.41, 5.74) is 3.47. The number of nitrogens with zero attached hydrogens (tertiary/aromatic N) is 2. The van der Waals surface area contributed by atoms with E-state index in [-0.39, 0.29) is 0 Å². The Hall–Kier alpha value is -1.18. The van der Waals surface area contributed by atoms with Gasteiger partial charge in [0.05, 0.1) is 0 Å². The van der Waals surface area contributed by atoms with Crippen molar-refractivity contribution in [3.63, 3.8) is 0 Å². The molecule has 1 heterocycles. The Morgan fingerprint density at radius 2 is 2.06 bits per heavy atom. The number of hydrogen-bond acceptors (Lipinski definition) is 5. The number of hydrogen-bond donors (Lipinski definition) is 2. The van der Waals surface area contributed by atoms with Crippen molar-refractivity contribution in [2.75, 3.05) is 5.43 Å². The van der Waals surface area contributed by atoms with Crippen molar-refractivity contribution in [1.82, 2.24) is 9.97 Å². The largest absolute Gasteiger partial charge is 0.437 e. The number of ether oxygens (including phenoxy) is 1. The molecule has 2 rings (SSSR count). The quantitative estimate of drug-likeness (QED) is 0.637. The molecule has 0 spiro atoms. The number of hydrazine groups is 1. The van der Waals surface area contributed by atoms with Crippen molar-refractivity contribution in [1.29, 1.82) is 0 Å². The molecule has 1 aromatic heterocycles. The van der Waals surface area contributed by atoms with Gasteiger partial charge in [0.2, 0.25) is 5.88 Å². The molecular weight excluding hydrogens is 364 g/mol. The Morgan fingerprint density at radius 1 is 1.28 bits per heavy atom. The van der Waals surface area contributed by atoms with Crippen LogP contribution in [0, 0.1) is 6.92 Å². The molecule has 0 unspecified atom stereocenters. The highest BCUT2D eigenvalue weighted by atomic mass is 79.9. The van der Waals surface area contributed by atoms with E-state index < -0.39 is 0 Å². The number of aromatic nitrogens is 2. The minimum absolute atomic E-state index is 0.402. The zero-order valence-corrected chi connectivity index (χ0v) is 12.6. The van der Waals surface area contributed by atoms with Crippen molar-refractivity contribution >= 4 is 37.7 Å².